The molecule has 4 N–H and O–H groups in total. The number of carbonyl (C=O) groups is 1. The van der Waals surface area contributed by atoms with E-state index in [4.69, 9.17) is 15.6 Å². The van der Waals surface area contributed by atoms with Crippen LogP contribution < -0.4 is 21.1 Å². The van der Waals surface area contributed by atoms with Crippen LogP contribution in [0.1, 0.15) is 49.0 Å². The lowest BCUT2D eigenvalue weighted by Gasteiger charge is -2.34. The maximum absolute atomic E-state index is 12.5. The number of nitrogens with one attached hydrogen (secondary N) is 2. The highest BCUT2D eigenvalue weighted by Crippen LogP contribution is 2.39. The van der Waals surface area contributed by atoms with Crippen LogP contribution in [0.4, 0.5) is 5.82 Å². The molecular weight excluding hydrogens is 402 g/mol. The first-order valence-corrected chi connectivity index (χ1v) is 11.6. The smallest absolute Gasteiger partial charge is 0.254 e. The second kappa shape index (κ2) is 8.82. The SMILES string of the molecule is CC1CC=CC=C1Oc1ccc(-c2nn3c(c2C(N)=O)NCCC3C2CCNCC2)cc1. The molecule has 7 heteroatoms. The summed E-state index contributed by atoms with van der Waals surface area (Å²) in [5.74, 6) is 2.96. The van der Waals surface area contributed by atoms with Gasteiger partial charge in [-0.1, -0.05) is 19.1 Å². The molecule has 2 aromatic rings. The van der Waals surface area contributed by atoms with E-state index in [0.29, 0.717) is 23.1 Å². The third-order valence-corrected chi connectivity index (χ3v) is 6.87. The molecule has 1 aliphatic carbocycles. The van der Waals surface area contributed by atoms with E-state index in [9.17, 15) is 4.79 Å². The number of hydrogen-bond acceptors (Lipinski definition) is 5. The molecule has 1 saturated heterocycles. The van der Waals surface area contributed by atoms with E-state index in [0.717, 1.165) is 68.2 Å². The summed E-state index contributed by atoms with van der Waals surface area (Å²) in [5.41, 5.74) is 7.81. The number of amides is 1. The number of fused-ring (bicyclic) bond motifs is 1. The summed E-state index contributed by atoms with van der Waals surface area (Å²) in [7, 11) is 0. The Morgan fingerprint density at radius 2 is 1.94 bits per heavy atom. The zero-order valence-corrected chi connectivity index (χ0v) is 18.5. The molecule has 2 unspecified atom stereocenters. The summed E-state index contributed by atoms with van der Waals surface area (Å²) in [5, 5.41) is 11.8. The molecule has 3 heterocycles. The second-order valence-corrected chi connectivity index (χ2v) is 9.01. The largest absolute Gasteiger partial charge is 0.461 e. The molecule has 2 atom stereocenters. The topological polar surface area (TPSA) is 94.2 Å². The Bertz CT molecular complexity index is 1050. The molecule has 32 heavy (non-hydrogen) atoms. The van der Waals surface area contributed by atoms with E-state index in [1.807, 2.05) is 41.1 Å². The number of ether oxygens (including phenoxy) is 1. The van der Waals surface area contributed by atoms with Gasteiger partial charge in [0.15, 0.2) is 0 Å². The van der Waals surface area contributed by atoms with Crippen LogP contribution in [0, 0.1) is 11.8 Å². The first-order chi connectivity index (χ1) is 15.6. The van der Waals surface area contributed by atoms with E-state index in [2.05, 4.69) is 23.6 Å². The lowest BCUT2D eigenvalue weighted by molar-refractivity contribution is 0.100. The van der Waals surface area contributed by atoms with Gasteiger partial charge in [0.05, 0.1) is 6.04 Å². The fraction of sp³-hybridized carbons (Fsp3) is 0.440. The molecule has 1 amide bonds. The van der Waals surface area contributed by atoms with Crippen molar-refractivity contribution >= 4 is 11.7 Å². The number of piperidine rings is 1. The number of nitrogens with zero attached hydrogens (tertiary/aromatic N) is 2. The quantitative estimate of drug-likeness (QED) is 0.666. The molecule has 1 fully saturated rings. The van der Waals surface area contributed by atoms with Gasteiger partial charge in [0.1, 0.15) is 28.6 Å². The third kappa shape index (κ3) is 3.93. The van der Waals surface area contributed by atoms with Crippen molar-refractivity contribution in [1.82, 2.24) is 15.1 Å². The highest BCUT2D eigenvalue weighted by atomic mass is 16.5. The van der Waals surface area contributed by atoms with Gasteiger partial charge in [-0.2, -0.15) is 5.10 Å². The second-order valence-electron chi connectivity index (χ2n) is 9.01. The number of primary amides is 1. The zero-order chi connectivity index (χ0) is 22.1. The van der Waals surface area contributed by atoms with Crippen molar-refractivity contribution in [1.29, 1.82) is 0 Å². The number of nitrogens with two attached hydrogens (primary N) is 1. The predicted octanol–water partition coefficient (Wildman–Crippen LogP) is 3.86. The van der Waals surface area contributed by atoms with Crippen molar-refractivity contribution in [3.63, 3.8) is 0 Å². The number of hydrogen-bond donors (Lipinski definition) is 3. The molecule has 3 aliphatic rings. The van der Waals surface area contributed by atoms with E-state index in [-0.39, 0.29) is 6.04 Å². The van der Waals surface area contributed by atoms with Crippen molar-refractivity contribution in [3.8, 4) is 17.0 Å². The van der Waals surface area contributed by atoms with Crippen LogP contribution in [0.15, 0.2) is 48.3 Å². The van der Waals surface area contributed by atoms with E-state index >= 15 is 0 Å². The minimum absolute atomic E-state index is 0.288. The molecule has 168 valence electrons. The number of benzene rings is 1. The van der Waals surface area contributed by atoms with Gasteiger partial charge in [0.25, 0.3) is 5.91 Å². The summed E-state index contributed by atoms with van der Waals surface area (Å²) in [4.78, 5) is 12.5. The Kier molecular flexibility index (Phi) is 5.74. The van der Waals surface area contributed by atoms with Crippen molar-refractivity contribution < 1.29 is 9.53 Å². The van der Waals surface area contributed by atoms with Gasteiger partial charge in [-0.05, 0) is 75.0 Å². The summed E-state index contributed by atoms with van der Waals surface area (Å²) in [6, 6.07) is 8.07. The molecule has 2 aliphatic heterocycles. The van der Waals surface area contributed by atoms with Crippen molar-refractivity contribution in [3.05, 3.63) is 53.8 Å². The lowest BCUT2D eigenvalue weighted by atomic mass is 9.87. The Hall–Kier alpha value is -3.06. The first-order valence-electron chi connectivity index (χ1n) is 11.6. The number of anilines is 1. The molecule has 0 saturated carbocycles. The lowest BCUT2D eigenvalue weighted by Crippen LogP contribution is -2.36. The van der Waals surface area contributed by atoms with E-state index in [1.165, 1.54) is 0 Å². The number of rotatable bonds is 5. The summed E-state index contributed by atoms with van der Waals surface area (Å²) < 4.78 is 8.12. The molecule has 1 aromatic heterocycles. The molecule has 0 spiro atoms. The standard InChI is InChI=1S/C25H31N5O2/c1-16-4-2-3-5-21(16)32-19-8-6-18(7-9-19)23-22(24(26)31)25-28-15-12-20(30(25)29-23)17-10-13-27-14-11-17/h2-3,5-9,16-17,20,27-28H,4,10-15H2,1H3,(H2,26,31). The maximum Gasteiger partial charge on any atom is 0.254 e. The molecular formula is C25H31N5O2. The minimum Gasteiger partial charge on any atom is -0.461 e. The number of allylic oxidation sites excluding steroid dienone is 4. The Morgan fingerprint density at radius 3 is 2.66 bits per heavy atom. The molecule has 5 rings (SSSR count). The summed E-state index contributed by atoms with van der Waals surface area (Å²) in [6.45, 7) is 5.05. The van der Waals surface area contributed by atoms with Crippen LogP contribution in [0.2, 0.25) is 0 Å². The van der Waals surface area contributed by atoms with Gasteiger partial charge in [0, 0.05) is 18.0 Å². The van der Waals surface area contributed by atoms with E-state index in [1.54, 1.807) is 0 Å². The average molecular weight is 434 g/mol. The molecule has 7 nitrogen and oxygen atoms in total. The fourth-order valence-electron chi connectivity index (χ4n) is 5.08. The van der Waals surface area contributed by atoms with Gasteiger partial charge >= 0.3 is 0 Å². The van der Waals surface area contributed by atoms with Gasteiger partial charge in [-0.25, -0.2) is 4.68 Å². The Labute approximate surface area is 188 Å². The highest BCUT2D eigenvalue weighted by molar-refractivity contribution is 6.03. The number of carbonyl (C=O) groups excluding carboxylic acids is 1. The number of aromatic nitrogens is 2. The predicted molar refractivity (Wildman–Crippen MR) is 126 cm³/mol. The monoisotopic (exact) mass is 433 g/mol. The Morgan fingerprint density at radius 1 is 1.16 bits per heavy atom. The van der Waals surface area contributed by atoms with Crippen molar-refractivity contribution in [2.24, 2.45) is 17.6 Å². The van der Waals surface area contributed by atoms with Gasteiger partial charge in [-0.15, -0.1) is 0 Å². The van der Waals surface area contributed by atoms with Gasteiger partial charge in [-0.3, -0.25) is 4.79 Å². The van der Waals surface area contributed by atoms with Crippen LogP contribution in [0.25, 0.3) is 11.3 Å². The van der Waals surface area contributed by atoms with E-state index < -0.39 is 5.91 Å². The van der Waals surface area contributed by atoms with Crippen LogP contribution in [-0.2, 0) is 0 Å². The molecule has 1 aromatic carbocycles. The maximum atomic E-state index is 12.5. The van der Waals surface area contributed by atoms with Crippen LogP contribution >= 0.6 is 0 Å². The van der Waals surface area contributed by atoms with Crippen LogP contribution in [0.3, 0.4) is 0 Å². The van der Waals surface area contributed by atoms with Crippen molar-refractivity contribution in [2.45, 2.75) is 38.6 Å². The van der Waals surface area contributed by atoms with Crippen LogP contribution in [0.5, 0.6) is 5.75 Å². The summed E-state index contributed by atoms with van der Waals surface area (Å²) >= 11 is 0. The molecule has 0 bridgehead atoms. The third-order valence-electron chi connectivity index (χ3n) is 6.87. The van der Waals surface area contributed by atoms with Crippen LogP contribution in [-0.4, -0.2) is 35.3 Å². The first kappa shape index (κ1) is 20.8. The zero-order valence-electron chi connectivity index (χ0n) is 18.5. The normalized spacial score (nSPS) is 23.2. The summed E-state index contributed by atoms with van der Waals surface area (Å²) in [6.07, 6.45) is 10.4. The average Bonchev–Trinajstić information content (AvgIpc) is 3.22. The van der Waals surface area contributed by atoms with Crippen molar-refractivity contribution in [2.75, 3.05) is 25.0 Å². The Balaban J connectivity index is 1.45. The highest BCUT2D eigenvalue weighted by Gasteiger charge is 2.34. The minimum atomic E-state index is -0.451. The van der Waals surface area contributed by atoms with Gasteiger partial charge < -0.3 is 21.1 Å². The molecule has 0 radical (unpaired) electrons. The fourth-order valence-corrected chi connectivity index (χ4v) is 5.08. The van der Waals surface area contributed by atoms with Gasteiger partial charge in [0.2, 0.25) is 0 Å².